The second kappa shape index (κ2) is 8.98. The van der Waals surface area contributed by atoms with Gasteiger partial charge in [-0.25, -0.2) is 4.39 Å². The molecule has 0 saturated heterocycles. The summed E-state index contributed by atoms with van der Waals surface area (Å²) in [5.74, 6) is 0.394. The molecule has 4 heteroatoms. The molecule has 0 bridgehead atoms. The van der Waals surface area contributed by atoms with Crippen LogP contribution in [0.5, 0.6) is 11.5 Å². The van der Waals surface area contributed by atoms with E-state index in [2.05, 4.69) is 0 Å². The predicted octanol–water partition coefficient (Wildman–Crippen LogP) is 6.93. The van der Waals surface area contributed by atoms with E-state index in [0.29, 0.717) is 18.0 Å². The lowest BCUT2D eigenvalue weighted by Crippen LogP contribution is -1.99. The number of aromatic nitrogens is 1. The Labute approximate surface area is 187 Å². The Hall–Kier alpha value is -4.05. The van der Waals surface area contributed by atoms with Gasteiger partial charge < -0.3 is 14.0 Å². The highest BCUT2D eigenvalue weighted by atomic mass is 19.1. The van der Waals surface area contributed by atoms with Gasteiger partial charge in [0.1, 0.15) is 19.0 Å². The van der Waals surface area contributed by atoms with E-state index >= 15 is 0 Å². The Morgan fingerprint density at radius 2 is 1.34 bits per heavy atom. The summed E-state index contributed by atoms with van der Waals surface area (Å²) in [4.78, 5) is 0. The van der Waals surface area contributed by atoms with Crippen LogP contribution in [0.4, 0.5) is 4.39 Å². The van der Waals surface area contributed by atoms with Crippen molar-refractivity contribution < 1.29 is 15.2 Å². The van der Waals surface area contributed by atoms with Gasteiger partial charge in [0.25, 0.3) is 0 Å². The van der Waals surface area contributed by atoms with Gasteiger partial charge in [-0.05, 0) is 41.5 Å². The highest BCUT2D eigenvalue weighted by Gasteiger charge is 2.11. The number of benzene rings is 4. The molecule has 0 radical (unpaired) electrons. The van der Waals surface area contributed by atoms with Crippen molar-refractivity contribution in [1.29, 1.82) is 0 Å². The van der Waals surface area contributed by atoms with Crippen LogP contribution in [0.2, 0.25) is 0 Å². The molecule has 32 heavy (non-hydrogen) atoms. The second-order valence-electron chi connectivity index (χ2n) is 7.46. The Morgan fingerprint density at radius 3 is 2.00 bits per heavy atom. The normalized spacial score (nSPS) is 11.3. The molecule has 5 rings (SSSR count). The minimum absolute atomic E-state index is 0.178. The van der Waals surface area contributed by atoms with Crippen molar-refractivity contribution >= 4 is 10.9 Å². The van der Waals surface area contributed by atoms with Crippen molar-refractivity contribution in [2.45, 2.75) is 13.2 Å². The summed E-state index contributed by atoms with van der Waals surface area (Å²) in [5.41, 5.74) is 3.37. The first-order chi connectivity index (χ1) is 16.2. The van der Waals surface area contributed by atoms with Gasteiger partial charge in [0.2, 0.25) is 0 Å². The third kappa shape index (κ3) is 4.21. The van der Waals surface area contributed by atoms with Crippen molar-refractivity contribution in [3.05, 3.63) is 126 Å². The average molecular weight is 424 g/mol. The van der Waals surface area contributed by atoms with E-state index in [-0.39, 0.29) is 18.5 Å². The van der Waals surface area contributed by atoms with Crippen LogP contribution in [-0.2, 0) is 13.2 Å². The lowest BCUT2D eigenvalue weighted by molar-refractivity contribution is 0.290. The van der Waals surface area contributed by atoms with Gasteiger partial charge in [-0.15, -0.1) is 0 Å². The minimum Gasteiger partial charge on any atom is -0.488 e. The first-order valence-corrected chi connectivity index (χ1v) is 10.4. The number of rotatable bonds is 7. The summed E-state index contributed by atoms with van der Waals surface area (Å²) in [6, 6.07) is 31.7. The average Bonchev–Trinajstić information content (AvgIpc) is 3.19. The van der Waals surface area contributed by atoms with Crippen LogP contribution in [0.15, 0.2) is 109 Å². The van der Waals surface area contributed by atoms with Gasteiger partial charge in [-0.3, -0.25) is 0 Å². The molecule has 0 aliphatic carbocycles. The SMILES string of the molecule is [2H]c1cc2c(OCc3ccccc3)cccc2n1-c1ccc(OCc2ccccc2)c(F)c1. The van der Waals surface area contributed by atoms with Gasteiger partial charge >= 0.3 is 0 Å². The highest BCUT2D eigenvalue weighted by Crippen LogP contribution is 2.30. The lowest BCUT2D eigenvalue weighted by Gasteiger charge is -2.11. The van der Waals surface area contributed by atoms with Crippen LogP contribution in [-0.4, -0.2) is 4.57 Å². The van der Waals surface area contributed by atoms with Gasteiger partial charge in [0.05, 0.1) is 6.89 Å². The molecule has 3 nitrogen and oxygen atoms in total. The van der Waals surface area contributed by atoms with E-state index in [1.807, 2.05) is 78.9 Å². The van der Waals surface area contributed by atoms with Crippen LogP contribution >= 0.6 is 0 Å². The quantitative estimate of drug-likeness (QED) is 0.283. The molecule has 158 valence electrons. The Kier molecular flexibility index (Phi) is 5.25. The number of halogens is 1. The predicted molar refractivity (Wildman–Crippen MR) is 125 cm³/mol. The lowest BCUT2D eigenvalue weighted by atomic mass is 10.2. The zero-order valence-corrected chi connectivity index (χ0v) is 17.4. The first-order valence-electron chi connectivity index (χ1n) is 10.9. The number of ether oxygens (including phenoxy) is 2. The van der Waals surface area contributed by atoms with E-state index in [1.54, 1.807) is 22.8 Å². The minimum atomic E-state index is -0.471. The summed E-state index contributed by atoms with van der Waals surface area (Å²) >= 11 is 0. The van der Waals surface area contributed by atoms with E-state index in [0.717, 1.165) is 22.0 Å². The molecule has 1 aromatic heterocycles. The molecular formula is C28H22FNO2. The smallest absolute Gasteiger partial charge is 0.167 e. The van der Waals surface area contributed by atoms with Gasteiger partial charge in [0, 0.05) is 23.3 Å². The molecule has 0 N–H and O–H groups in total. The van der Waals surface area contributed by atoms with Gasteiger partial charge in [-0.1, -0.05) is 66.7 Å². The molecule has 0 amide bonds. The number of hydrogen-bond acceptors (Lipinski definition) is 2. The van der Waals surface area contributed by atoms with Crippen molar-refractivity contribution in [3.63, 3.8) is 0 Å². The van der Waals surface area contributed by atoms with Crippen molar-refractivity contribution in [1.82, 2.24) is 4.57 Å². The van der Waals surface area contributed by atoms with E-state index in [9.17, 15) is 4.39 Å². The molecular weight excluding hydrogens is 401 g/mol. The molecule has 1 heterocycles. The molecule has 0 aliphatic heterocycles. The maximum absolute atomic E-state index is 14.8. The summed E-state index contributed by atoms with van der Waals surface area (Å²) < 4.78 is 36.7. The zero-order chi connectivity index (χ0) is 22.6. The monoisotopic (exact) mass is 424 g/mol. The molecule has 0 saturated carbocycles. The number of nitrogens with zero attached hydrogens (tertiary/aromatic N) is 1. The van der Waals surface area contributed by atoms with Crippen molar-refractivity contribution in [2.24, 2.45) is 0 Å². The summed E-state index contributed by atoms with van der Waals surface area (Å²) in [6.07, 6.45) is 0.248. The topological polar surface area (TPSA) is 23.4 Å². The maximum Gasteiger partial charge on any atom is 0.167 e. The van der Waals surface area contributed by atoms with Crippen LogP contribution < -0.4 is 9.47 Å². The van der Waals surface area contributed by atoms with Gasteiger partial charge in [0.15, 0.2) is 11.6 Å². The van der Waals surface area contributed by atoms with Crippen molar-refractivity contribution in [3.8, 4) is 17.2 Å². The molecule has 0 spiro atoms. The summed E-state index contributed by atoms with van der Waals surface area (Å²) in [6.45, 7) is 0.718. The van der Waals surface area contributed by atoms with Crippen LogP contribution in [0.1, 0.15) is 12.5 Å². The third-order valence-electron chi connectivity index (χ3n) is 5.27. The fourth-order valence-electron chi connectivity index (χ4n) is 3.63. The molecule has 0 aliphatic rings. The van der Waals surface area contributed by atoms with Crippen LogP contribution in [0.3, 0.4) is 0 Å². The highest BCUT2D eigenvalue weighted by molar-refractivity contribution is 5.87. The first kappa shape index (κ1) is 18.7. The van der Waals surface area contributed by atoms with E-state index in [4.69, 9.17) is 10.8 Å². The standard InChI is InChI=1S/C28H22FNO2/c29-25-18-23(14-15-28(25)32-20-22-10-5-2-6-11-22)30-17-16-24-26(30)12-7-13-27(24)31-19-21-8-3-1-4-9-21/h1-18H,19-20H2/i17D. The molecule has 4 aromatic carbocycles. The molecule has 0 fully saturated rings. The van der Waals surface area contributed by atoms with Crippen molar-refractivity contribution in [2.75, 3.05) is 0 Å². The molecule has 0 atom stereocenters. The number of hydrogen-bond donors (Lipinski definition) is 0. The second-order valence-corrected chi connectivity index (χ2v) is 7.46. The van der Waals surface area contributed by atoms with E-state index < -0.39 is 5.82 Å². The Bertz CT molecular complexity index is 1380. The zero-order valence-electron chi connectivity index (χ0n) is 18.4. The van der Waals surface area contributed by atoms with E-state index in [1.165, 1.54) is 6.07 Å². The fourth-order valence-corrected chi connectivity index (χ4v) is 3.63. The maximum atomic E-state index is 14.8. The summed E-state index contributed by atoms with van der Waals surface area (Å²) in [7, 11) is 0. The van der Waals surface area contributed by atoms with Crippen LogP contribution in [0, 0.1) is 5.82 Å². The largest absolute Gasteiger partial charge is 0.488 e. The Balaban J connectivity index is 1.41. The van der Waals surface area contributed by atoms with Crippen LogP contribution in [0.25, 0.3) is 16.6 Å². The molecule has 0 unspecified atom stereocenters. The molecule has 5 aromatic rings. The Morgan fingerprint density at radius 1 is 0.688 bits per heavy atom. The third-order valence-corrected chi connectivity index (χ3v) is 5.27. The number of fused-ring (bicyclic) bond motifs is 1. The summed E-state index contributed by atoms with van der Waals surface area (Å²) in [5, 5.41) is 0.809. The fraction of sp³-hybridized carbons (Fsp3) is 0.0714. The van der Waals surface area contributed by atoms with Gasteiger partial charge in [-0.2, -0.15) is 0 Å².